The first kappa shape index (κ1) is 14.9. The Morgan fingerprint density at radius 1 is 1.25 bits per heavy atom. The fourth-order valence-corrected chi connectivity index (χ4v) is 2.37. The van der Waals surface area contributed by atoms with Gasteiger partial charge in [-0.1, -0.05) is 12.1 Å². The minimum absolute atomic E-state index is 0.387. The van der Waals surface area contributed by atoms with E-state index in [1.54, 1.807) is 13.3 Å². The van der Waals surface area contributed by atoms with Gasteiger partial charge in [-0.05, 0) is 65.5 Å². The van der Waals surface area contributed by atoms with Crippen molar-refractivity contribution in [2.24, 2.45) is 0 Å². The van der Waals surface area contributed by atoms with Crippen LogP contribution in [0.5, 0.6) is 5.75 Å². The average molecular weight is 335 g/mol. The molecular weight excluding hydrogens is 316 g/mol. The number of halogens is 1. The number of aromatic nitrogens is 1. The van der Waals surface area contributed by atoms with E-state index in [0.29, 0.717) is 6.04 Å². The number of hydrogen-bond donors (Lipinski definition) is 1. The van der Waals surface area contributed by atoms with E-state index >= 15 is 0 Å². The average Bonchev–Trinajstić information content (AvgIpc) is 2.48. The molecule has 0 aliphatic heterocycles. The molecular formula is C16H19BrN2O. The van der Waals surface area contributed by atoms with Crippen LogP contribution in [-0.4, -0.2) is 18.1 Å². The second kappa shape index (κ2) is 7.29. The molecule has 0 saturated carbocycles. The Morgan fingerprint density at radius 3 is 2.65 bits per heavy atom. The third-order valence-corrected chi connectivity index (χ3v) is 3.82. The summed E-state index contributed by atoms with van der Waals surface area (Å²) in [6.45, 7) is 2.18. The van der Waals surface area contributed by atoms with Crippen molar-refractivity contribution in [3.05, 3.63) is 52.8 Å². The zero-order valence-corrected chi connectivity index (χ0v) is 13.4. The number of ether oxygens (including phenoxy) is 1. The molecule has 0 aliphatic carbocycles. The zero-order chi connectivity index (χ0) is 14.4. The predicted molar refractivity (Wildman–Crippen MR) is 86.3 cm³/mol. The molecule has 0 saturated heterocycles. The van der Waals surface area contributed by atoms with Crippen molar-refractivity contribution in [1.29, 1.82) is 0 Å². The smallest absolute Gasteiger partial charge is 0.129 e. The van der Waals surface area contributed by atoms with Gasteiger partial charge in [-0.25, -0.2) is 4.98 Å². The molecule has 1 N–H and O–H groups in total. The Hall–Kier alpha value is -1.55. The number of benzene rings is 1. The van der Waals surface area contributed by atoms with Gasteiger partial charge in [0, 0.05) is 12.2 Å². The first-order valence-corrected chi connectivity index (χ1v) is 7.48. The highest BCUT2D eigenvalue weighted by molar-refractivity contribution is 9.10. The Balaban J connectivity index is 1.85. The van der Waals surface area contributed by atoms with Crippen LogP contribution < -0.4 is 10.1 Å². The largest absolute Gasteiger partial charge is 0.497 e. The molecule has 2 aromatic rings. The SMILES string of the molecule is COc1ccc(CCC(C)Nc2cccnc2Br)cc1. The van der Waals surface area contributed by atoms with Crippen LogP contribution in [0.15, 0.2) is 47.2 Å². The molecule has 0 amide bonds. The molecule has 4 heteroatoms. The van der Waals surface area contributed by atoms with E-state index < -0.39 is 0 Å². The van der Waals surface area contributed by atoms with Gasteiger partial charge in [0.15, 0.2) is 0 Å². The molecule has 0 spiro atoms. The highest BCUT2D eigenvalue weighted by Crippen LogP contribution is 2.20. The molecule has 1 unspecified atom stereocenters. The number of rotatable bonds is 6. The lowest BCUT2D eigenvalue weighted by Gasteiger charge is -2.16. The number of nitrogens with zero attached hydrogens (tertiary/aromatic N) is 1. The monoisotopic (exact) mass is 334 g/mol. The number of nitrogens with one attached hydrogen (secondary N) is 1. The Kier molecular flexibility index (Phi) is 5.41. The van der Waals surface area contributed by atoms with Gasteiger partial charge in [-0.15, -0.1) is 0 Å². The topological polar surface area (TPSA) is 34.1 Å². The van der Waals surface area contributed by atoms with E-state index in [1.807, 2.05) is 24.3 Å². The molecule has 0 radical (unpaired) electrons. The summed E-state index contributed by atoms with van der Waals surface area (Å²) in [7, 11) is 1.69. The summed E-state index contributed by atoms with van der Waals surface area (Å²) in [6.07, 6.45) is 3.88. The van der Waals surface area contributed by atoms with Crippen LogP contribution in [0, 0.1) is 0 Å². The lowest BCUT2D eigenvalue weighted by molar-refractivity contribution is 0.414. The summed E-state index contributed by atoms with van der Waals surface area (Å²) >= 11 is 3.45. The summed E-state index contributed by atoms with van der Waals surface area (Å²) in [5, 5.41) is 3.47. The van der Waals surface area contributed by atoms with Crippen molar-refractivity contribution in [2.45, 2.75) is 25.8 Å². The standard InChI is InChI=1S/C16H19BrN2O/c1-12(19-15-4-3-11-18-16(15)17)5-6-13-7-9-14(20-2)10-8-13/h3-4,7-12,19H,5-6H2,1-2H3. The van der Waals surface area contributed by atoms with Gasteiger partial charge in [0.1, 0.15) is 10.4 Å². The van der Waals surface area contributed by atoms with Crippen molar-refractivity contribution in [2.75, 3.05) is 12.4 Å². The van der Waals surface area contributed by atoms with Gasteiger partial charge in [-0.3, -0.25) is 0 Å². The lowest BCUT2D eigenvalue weighted by Crippen LogP contribution is -2.16. The lowest BCUT2D eigenvalue weighted by atomic mass is 10.1. The molecule has 1 heterocycles. The van der Waals surface area contributed by atoms with Crippen molar-refractivity contribution in [1.82, 2.24) is 4.98 Å². The van der Waals surface area contributed by atoms with Crippen LogP contribution >= 0.6 is 15.9 Å². The van der Waals surface area contributed by atoms with Gasteiger partial charge in [-0.2, -0.15) is 0 Å². The van der Waals surface area contributed by atoms with E-state index in [-0.39, 0.29) is 0 Å². The molecule has 1 aromatic carbocycles. The van der Waals surface area contributed by atoms with Crippen molar-refractivity contribution < 1.29 is 4.74 Å². The quantitative estimate of drug-likeness (QED) is 0.800. The molecule has 0 aliphatic rings. The van der Waals surface area contributed by atoms with Gasteiger partial charge in [0.05, 0.1) is 12.8 Å². The predicted octanol–water partition coefficient (Wildman–Crippen LogP) is 4.29. The van der Waals surface area contributed by atoms with Gasteiger partial charge >= 0.3 is 0 Å². The second-order valence-corrected chi connectivity index (χ2v) is 5.53. The number of hydrogen-bond acceptors (Lipinski definition) is 3. The number of pyridine rings is 1. The third-order valence-electron chi connectivity index (χ3n) is 3.19. The van der Waals surface area contributed by atoms with E-state index in [2.05, 4.69) is 45.3 Å². The fraction of sp³-hybridized carbons (Fsp3) is 0.312. The van der Waals surface area contributed by atoms with Crippen molar-refractivity contribution in [3.8, 4) is 5.75 Å². The molecule has 2 rings (SSSR count). The van der Waals surface area contributed by atoms with Crippen LogP contribution in [0.4, 0.5) is 5.69 Å². The van der Waals surface area contributed by atoms with Gasteiger partial charge < -0.3 is 10.1 Å². The van der Waals surface area contributed by atoms with Gasteiger partial charge in [0.2, 0.25) is 0 Å². The summed E-state index contributed by atoms with van der Waals surface area (Å²) < 4.78 is 6.02. The minimum Gasteiger partial charge on any atom is -0.497 e. The van der Waals surface area contributed by atoms with E-state index in [4.69, 9.17) is 4.74 Å². The van der Waals surface area contributed by atoms with Gasteiger partial charge in [0.25, 0.3) is 0 Å². The van der Waals surface area contributed by atoms with Crippen LogP contribution in [-0.2, 0) is 6.42 Å². The Morgan fingerprint density at radius 2 is 2.00 bits per heavy atom. The van der Waals surface area contributed by atoms with E-state index in [0.717, 1.165) is 28.9 Å². The van der Waals surface area contributed by atoms with Crippen LogP contribution in [0.2, 0.25) is 0 Å². The second-order valence-electron chi connectivity index (χ2n) is 4.77. The first-order chi connectivity index (χ1) is 9.69. The molecule has 20 heavy (non-hydrogen) atoms. The maximum atomic E-state index is 5.16. The minimum atomic E-state index is 0.387. The number of methoxy groups -OCH3 is 1. The molecule has 3 nitrogen and oxygen atoms in total. The number of anilines is 1. The third kappa shape index (κ3) is 4.23. The van der Waals surface area contributed by atoms with Crippen LogP contribution in [0.3, 0.4) is 0 Å². The van der Waals surface area contributed by atoms with Crippen molar-refractivity contribution in [3.63, 3.8) is 0 Å². The summed E-state index contributed by atoms with van der Waals surface area (Å²) in [6, 6.07) is 12.6. The number of aryl methyl sites for hydroxylation is 1. The maximum absolute atomic E-state index is 5.16. The van der Waals surface area contributed by atoms with Crippen molar-refractivity contribution >= 4 is 21.6 Å². The van der Waals surface area contributed by atoms with Crippen LogP contribution in [0.1, 0.15) is 18.9 Å². The molecule has 1 aromatic heterocycles. The summed E-state index contributed by atoms with van der Waals surface area (Å²) in [5.41, 5.74) is 2.36. The molecule has 0 bridgehead atoms. The molecule has 106 valence electrons. The maximum Gasteiger partial charge on any atom is 0.129 e. The van der Waals surface area contributed by atoms with Crippen LogP contribution in [0.25, 0.3) is 0 Å². The highest BCUT2D eigenvalue weighted by atomic mass is 79.9. The summed E-state index contributed by atoms with van der Waals surface area (Å²) in [4.78, 5) is 4.21. The highest BCUT2D eigenvalue weighted by Gasteiger charge is 2.06. The Labute approximate surface area is 128 Å². The normalized spacial score (nSPS) is 11.9. The fourth-order valence-electron chi connectivity index (χ4n) is 2.01. The van der Waals surface area contributed by atoms with E-state index in [9.17, 15) is 0 Å². The molecule has 1 atom stereocenters. The van der Waals surface area contributed by atoms with E-state index in [1.165, 1.54) is 5.56 Å². The molecule has 0 fully saturated rings. The Bertz CT molecular complexity index is 542. The first-order valence-electron chi connectivity index (χ1n) is 6.69. The zero-order valence-electron chi connectivity index (χ0n) is 11.8. The summed E-state index contributed by atoms with van der Waals surface area (Å²) in [5.74, 6) is 0.902.